The van der Waals surface area contributed by atoms with Gasteiger partial charge in [-0.15, -0.1) is 0 Å². The van der Waals surface area contributed by atoms with Crippen LogP contribution in [0.25, 0.3) is 0 Å². The summed E-state index contributed by atoms with van der Waals surface area (Å²) in [5, 5.41) is 12.6. The van der Waals surface area contributed by atoms with Gasteiger partial charge in [0.2, 0.25) is 0 Å². The third kappa shape index (κ3) is 2.25. The summed E-state index contributed by atoms with van der Waals surface area (Å²) in [6, 6.07) is 4.67. The molecule has 1 fully saturated rings. The van der Waals surface area contributed by atoms with E-state index in [0.29, 0.717) is 11.6 Å². The molecule has 1 saturated heterocycles. The van der Waals surface area contributed by atoms with Gasteiger partial charge in [-0.2, -0.15) is 5.26 Å². The number of rotatable bonds is 2. The van der Waals surface area contributed by atoms with Gasteiger partial charge in [0, 0.05) is 25.3 Å². The fourth-order valence-electron chi connectivity index (χ4n) is 2.35. The summed E-state index contributed by atoms with van der Waals surface area (Å²) in [4.78, 5) is 6.66. The molecule has 0 bridgehead atoms. The molecule has 1 atom stereocenters. The molecular formula is C13H18N4. The summed E-state index contributed by atoms with van der Waals surface area (Å²) in [5.41, 5.74) is 2.67. The van der Waals surface area contributed by atoms with Gasteiger partial charge in [0.1, 0.15) is 11.9 Å². The maximum absolute atomic E-state index is 9.25. The number of nitriles is 1. The first kappa shape index (κ1) is 11.9. The van der Waals surface area contributed by atoms with E-state index in [0.717, 1.165) is 36.6 Å². The maximum atomic E-state index is 9.25. The Labute approximate surface area is 102 Å². The molecule has 0 aliphatic carbocycles. The topological polar surface area (TPSA) is 52.0 Å². The molecule has 2 heterocycles. The Morgan fingerprint density at radius 3 is 2.88 bits per heavy atom. The highest BCUT2D eigenvalue weighted by atomic mass is 15.2. The summed E-state index contributed by atoms with van der Waals surface area (Å²) < 4.78 is 0. The molecule has 4 nitrogen and oxygen atoms in total. The number of aromatic nitrogens is 1. The van der Waals surface area contributed by atoms with E-state index in [9.17, 15) is 5.26 Å². The summed E-state index contributed by atoms with van der Waals surface area (Å²) in [6.07, 6.45) is 1.11. The number of nitrogens with zero attached hydrogens (tertiary/aromatic N) is 3. The minimum atomic E-state index is 0.441. The van der Waals surface area contributed by atoms with Gasteiger partial charge in [0.05, 0.1) is 5.56 Å². The zero-order valence-corrected chi connectivity index (χ0v) is 10.6. The highest BCUT2D eigenvalue weighted by molar-refractivity contribution is 5.58. The Balaban J connectivity index is 2.39. The third-order valence-electron chi connectivity index (χ3n) is 3.35. The molecule has 1 aliphatic rings. The van der Waals surface area contributed by atoms with Crippen molar-refractivity contribution in [1.82, 2.24) is 10.3 Å². The van der Waals surface area contributed by atoms with Crippen molar-refractivity contribution in [3.05, 3.63) is 22.9 Å². The van der Waals surface area contributed by atoms with Gasteiger partial charge in [0.15, 0.2) is 0 Å². The largest absolute Gasteiger partial charge is 0.354 e. The van der Waals surface area contributed by atoms with Crippen LogP contribution in [-0.4, -0.2) is 31.2 Å². The predicted molar refractivity (Wildman–Crippen MR) is 68.1 cm³/mol. The molecule has 1 aromatic rings. The Kier molecular flexibility index (Phi) is 3.30. The lowest BCUT2D eigenvalue weighted by Crippen LogP contribution is -2.34. The Bertz CT molecular complexity index is 455. The molecule has 2 rings (SSSR count). The Morgan fingerprint density at radius 1 is 1.53 bits per heavy atom. The van der Waals surface area contributed by atoms with Crippen molar-refractivity contribution in [2.75, 3.05) is 25.0 Å². The maximum Gasteiger partial charge on any atom is 0.147 e. The summed E-state index contributed by atoms with van der Waals surface area (Å²) in [6.45, 7) is 5.95. The van der Waals surface area contributed by atoms with Gasteiger partial charge in [-0.1, -0.05) is 0 Å². The second-order valence-corrected chi connectivity index (χ2v) is 4.65. The van der Waals surface area contributed by atoms with Crippen molar-refractivity contribution in [2.45, 2.75) is 26.3 Å². The SMILES string of the molecule is Cc1cc(C)c(C#N)c(N(C)C2CCNC2)n1. The highest BCUT2D eigenvalue weighted by Crippen LogP contribution is 2.23. The second-order valence-electron chi connectivity index (χ2n) is 4.65. The number of pyridine rings is 1. The first-order valence-electron chi connectivity index (χ1n) is 5.95. The monoisotopic (exact) mass is 230 g/mol. The zero-order valence-electron chi connectivity index (χ0n) is 10.6. The van der Waals surface area contributed by atoms with E-state index in [2.05, 4.69) is 21.3 Å². The number of aryl methyl sites for hydroxylation is 2. The van der Waals surface area contributed by atoms with Crippen molar-refractivity contribution >= 4 is 5.82 Å². The van der Waals surface area contributed by atoms with Gasteiger partial charge >= 0.3 is 0 Å². The van der Waals surface area contributed by atoms with E-state index in [1.54, 1.807) is 0 Å². The van der Waals surface area contributed by atoms with E-state index in [1.165, 1.54) is 0 Å². The smallest absolute Gasteiger partial charge is 0.147 e. The van der Waals surface area contributed by atoms with Gasteiger partial charge in [-0.3, -0.25) is 0 Å². The van der Waals surface area contributed by atoms with Gasteiger partial charge in [-0.05, 0) is 38.4 Å². The minimum Gasteiger partial charge on any atom is -0.354 e. The molecule has 0 aromatic carbocycles. The fraction of sp³-hybridized carbons (Fsp3) is 0.538. The average molecular weight is 230 g/mol. The van der Waals surface area contributed by atoms with Gasteiger partial charge < -0.3 is 10.2 Å². The van der Waals surface area contributed by atoms with E-state index in [1.807, 2.05) is 27.0 Å². The van der Waals surface area contributed by atoms with Crippen molar-refractivity contribution < 1.29 is 0 Å². The number of likely N-dealkylation sites (N-methyl/N-ethyl adjacent to an activating group) is 1. The molecule has 17 heavy (non-hydrogen) atoms. The molecule has 90 valence electrons. The normalized spacial score (nSPS) is 19.1. The molecule has 0 radical (unpaired) electrons. The quantitative estimate of drug-likeness (QED) is 0.833. The highest BCUT2D eigenvalue weighted by Gasteiger charge is 2.23. The van der Waals surface area contributed by atoms with Crippen LogP contribution in [0.15, 0.2) is 6.07 Å². The lowest BCUT2D eigenvalue weighted by molar-refractivity contribution is 0.676. The lowest BCUT2D eigenvalue weighted by Gasteiger charge is -2.26. The molecular weight excluding hydrogens is 212 g/mol. The molecule has 1 aliphatic heterocycles. The van der Waals surface area contributed by atoms with E-state index >= 15 is 0 Å². The number of hydrogen-bond donors (Lipinski definition) is 1. The van der Waals surface area contributed by atoms with E-state index in [-0.39, 0.29) is 0 Å². The van der Waals surface area contributed by atoms with Crippen molar-refractivity contribution in [1.29, 1.82) is 5.26 Å². The van der Waals surface area contributed by atoms with Gasteiger partial charge in [0.25, 0.3) is 0 Å². The van der Waals surface area contributed by atoms with Crippen LogP contribution in [-0.2, 0) is 0 Å². The molecule has 1 aromatic heterocycles. The van der Waals surface area contributed by atoms with Gasteiger partial charge in [-0.25, -0.2) is 4.98 Å². The fourth-order valence-corrected chi connectivity index (χ4v) is 2.35. The lowest BCUT2D eigenvalue weighted by atomic mass is 10.1. The summed E-state index contributed by atoms with van der Waals surface area (Å²) >= 11 is 0. The number of hydrogen-bond acceptors (Lipinski definition) is 4. The van der Waals surface area contributed by atoms with Crippen LogP contribution in [0, 0.1) is 25.2 Å². The molecule has 1 unspecified atom stereocenters. The van der Waals surface area contributed by atoms with Crippen LogP contribution < -0.4 is 10.2 Å². The van der Waals surface area contributed by atoms with Crippen LogP contribution in [0.2, 0.25) is 0 Å². The standard InChI is InChI=1S/C13H18N4/c1-9-6-10(2)16-13(12(9)7-14)17(3)11-4-5-15-8-11/h6,11,15H,4-5,8H2,1-3H3. The van der Waals surface area contributed by atoms with E-state index < -0.39 is 0 Å². The molecule has 1 N–H and O–H groups in total. The first-order chi connectivity index (χ1) is 8.13. The van der Waals surface area contributed by atoms with E-state index in [4.69, 9.17) is 0 Å². The Hall–Kier alpha value is -1.60. The summed E-state index contributed by atoms with van der Waals surface area (Å²) in [7, 11) is 2.03. The minimum absolute atomic E-state index is 0.441. The predicted octanol–water partition coefficient (Wildman–Crippen LogP) is 1.37. The second kappa shape index (κ2) is 4.72. The molecule has 0 amide bonds. The third-order valence-corrected chi connectivity index (χ3v) is 3.35. The van der Waals surface area contributed by atoms with Crippen molar-refractivity contribution in [2.24, 2.45) is 0 Å². The van der Waals surface area contributed by atoms with Crippen molar-refractivity contribution in [3.8, 4) is 6.07 Å². The zero-order chi connectivity index (χ0) is 12.4. The van der Waals surface area contributed by atoms with Crippen LogP contribution in [0.5, 0.6) is 0 Å². The number of nitrogens with one attached hydrogen (secondary N) is 1. The number of anilines is 1. The molecule has 0 spiro atoms. The molecule has 4 heteroatoms. The summed E-state index contributed by atoms with van der Waals surface area (Å²) in [5.74, 6) is 0.818. The average Bonchev–Trinajstić information content (AvgIpc) is 2.80. The van der Waals surface area contributed by atoms with Crippen LogP contribution in [0.4, 0.5) is 5.82 Å². The van der Waals surface area contributed by atoms with Crippen molar-refractivity contribution in [3.63, 3.8) is 0 Å². The first-order valence-corrected chi connectivity index (χ1v) is 5.95. The van der Waals surface area contributed by atoms with Crippen LogP contribution >= 0.6 is 0 Å². The molecule has 0 saturated carbocycles. The van der Waals surface area contributed by atoms with Crippen LogP contribution in [0.3, 0.4) is 0 Å². The van der Waals surface area contributed by atoms with Crippen LogP contribution in [0.1, 0.15) is 23.2 Å². The Morgan fingerprint density at radius 2 is 2.29 bits per heavy atom.